The number of primary amides is 1. The lowest BCUT2D eigenvalue weighted by Gasteiger charge is -2.40. The van der Waals surface area contributed by atoms with E-state index in [9.17, 15) is 9.59 Å². The van der Waals surface area contributed by atoms with Crippen molar-refractivity contribution in [2.45, 2.75) is 31.2 Å². The normalized spacial score (nSPS) is 19.3. The fourth-order valence-corrected chi connectivity index (χ4v) is 1.50. The van der Waals surface area contributed by atoms with Crippen molar-refractivity contribution >= 4 is 12.0 Å². The molecule has 0 heterocycles. The van der Waals surface area contributed by atoms with Gasteiger partial charge < -0.3 is 16.2 Å². The van der Waals surface area contributed by atoms with E-state index < -0.39 is 17.5 Å². The molecule has 1 saturated carbocycles. The molecule has 0 atom stereocenters. The highest BCUT2D eigenvalue weighted by molar-refractivity contribution is 5.75. The lowest BCUT2D eigenvalue weighted by molar-refractivity contribution is -0.139. The molecule has 1 aliphatic rings. The zero-order chi connectivity index (χ0) is 9.19. The summed E-state index contributed by atoms with van der Waals surface area (Å²) >= 11 is 0. The third-order valence-electron chi connectivity index (χ3n) is 2.19. The number of rotatable bonds is 3. The molecule has 0 saturated heterocycles. The van der Waals surface area contributed by atoms with Crippen LogP contribution in [0.15, 0.2) is 0 Å². The van der Waals surface area contributed by atoms with Crippen LogP contribution in [0.1, 0.15) is 25.7 Å². The van der Waals surface area contributed by atoms with Crippen LogP contribution in [0.3, 0.4) is 0 Å². The molecular weight excluding hydrogens is 160 g/mol. The average Bonchev–Trinajstić information content (AvgIpc) is 1.80. The van der Waals surface area contributed by atoms with E-state index in [1.807, 2.05) is 0 Å². The molecular formula is C7H12N2O3. The Morgan fingerprint density at radius 3 is 2.33 bits per heavy atom. The first kappa shape index (κ1) is 8.83. The Bertz CT molecular complexity index is 193. The summed E-state index contributed by atoms with van der Waals surface area (Å²) in [6.07, 6.45) is 2.34. The molecule has 0 aliphatic heterocycles. The van der Waals surface area contributed by atoms with Crippen molar-refractivity contribution in [3.8, 4) is 0 Å². The van der Waals surface area contributed by atoms with E-state index in [0.717, 1.165) is 6.42 Å². The first-order valence-electron chi connectivity index (χ1n) is 3.83. The van der Waals surface area contributed by atoms with Crippen molar-refractivity contribution in [1.82, 2.24) is 5.32 Å². The maximum atomic E-state index is 10.5. The number of aliphatic carboxylic acids is 1. The van der Waals surface area contributed by atoms with Crippen molar-refractivity contribution in [2.24, 2.45) is 5.73 Å². The Morgan fingerprint density at radius 1 is 1.50 bits per heavy atom. The summed E-state index contributed by atoms with van der Waals surface area (Å²) in [5, 5.41) is 11.0. The predicted molar refractivity (Wildman–Crippen MR) is 41.6 cm³/mol. The van der Waals surface area contributed by atoms with Crippen molar-refractivity contribution in [3.63, 3.8) is 0 Å². The standard InChI is InChI=1S/C7H12N2O3/c8-6(12)9-7(2-1-3-7)4-5(10)11/h1-4H2,(H,10,11)(H3,8,9,12). The van der Waals surface area contributed by atoms with Crippen LogP contribution in [0.2, 0.25) is 0 Å². The molecule has 5 heteroatoms. The van der Waals surface area contributed by atoms with Gasteiger partial charge >= 0.3 is 12.0 Å². The first-order chi connectivity index (χ1) is 5.54. The molecule has 0 aromatic heterocycles. The second kappa shape index (κ2) is 3.00. The van der Waals surface area contributed by atoms with Gasteiger partial charge in [0.1, 0.15) is 0 Å². The van der Waals surface area contributed by atoms with Crippen LogP contribution < -0.4 is 11.1 Å². The van der Waals surface area contributed by atoms with Gasteiger partial charge in [-0.3, -0.25) is 4.79 Å². The first-order valence-corrected chi connectivity index (χ1v) is 3.83. The van der Waals surface area contributed by atoms with Crippen LogP contribution in [0.25, 0.3) is 0 Å². The third-order valence-corrected chi connectivity index (χ3v) is 2.19. The van der Waals surface area contributed by atoms with E-state index >= 15 is 0 Å². The summed E-state index contributed by atoms with van der Waals surface area (Å²) in [7, 11) is 0. The Balaban J connectivity index is 2.50. The molecule has 12 heavy (non-hydrogen) atoms. The number of amides is 2. The zero-order valence-corrected chi connectivity index (χ0v) is 6.67. The van der Waals surface area contributed by atoms with Gasteiger partial charge in [-0.25, -0.2) is 4.79 Å². The molecule has 0 aromatic rings. The van der Waals surface area contributed by atoms with Crippen molar-refractivity contribution < 1.29 is 14.7 Å². The minimum atomic E-state index is -0.900. The highest BCUT2D eigenvalue weighted by Crippen LogP contribution is 2.34. The van der Waals surface area contributed by atoms with Gasteiger partial charge in [-0.05, 0) is 19.3 Å². The van der Waals surface area contributed by atoms with E-state index in [4.69, 9.17) is 10.8 Å². The van der Waals surface area contributed by atoms with E-state index in [2.05, 4.69) is 5.32 Å². The molecule has 0 radical (unpaired) electrons. The number of carboxylic acid groups (broad SMARTS) is 1. The van der Waals surface area contributed by atoms with E-state index in [0.29, 0.717) is 12.8 Å². The summed E-state index contributed by atoms with van der Waals surface area (Å²) in [5.74, 6) is -0.900. The van der Waals surface area contributed by atoms with Crippen LogP contribution in [0.5, 0.6) is 0 Å². The molecule has 68 valence electrons. The lowest BCUT2D eigenvalue weighted by atomic mass is 9.74. The second-order valence-corrected chi connectivity index (χ2v) is 3.19. The number of nitrogens with two attached hydrogens (primary N) is 1. The van der Waals surface area contributed by atoms with E-state index in [1.54, 1.807) is 0 Å². The van der Waals surface area contributed by atoms with E-state index in [-0.39, 0.29) is 6.42 Å². The van der Waals surface area contributed by atoms with Crippen LogP contribution in [0, 0.1) is 0 Å². The summed E-state index contributed by atoms with van der Waals surface area (Å²) < 4.78 is 0. The van der Waals surface area contributed by atoms with Gasteiger partial charge in [-0.15, -0.1) is 0 Å². The molecule has 1 fully saturated rings. The van der Waals surface area contributed by atoms with Gasteiger partial charge in [0.25, 0.3) is 0 Å². The highest BCUT2D eigenvalue weighted by atomic mass is 16.4. The van der Waals surface area contributed by atoms with Crippen LogP contribution in [-0.2, 0) is 4.79 Å². The minimum absolute atomic E-state index is 0.0318. The molecule has 4 N–H and O–H groups in total. The fraction of sp³-hybridized carbons (Fsp3) is 0.714. The van der Waals surface area contributed by atoms with Gasteiger partial charge in [-0.1, -0.05) is 0 Å². The van der Waals surface area contributed by atoms with Crippen molar-refractivity contribution in [2.75, 3.05) is 0 Å². The maximum absolute atomic E-state index is 10.5. The second-order valence-electron chi connectivity index (χ2n) is 3.19. The number of urea groups is 1. The summed E-state index contributed by atoms with van der Waals surface area (Å²) in [5.41, 5.74) is 4.36. The number of hydrogen-bond acceptors (Lipinski definition) is 2. The largest absolute Gasteiger partial charge is 0.481 e. The molecule has 0 unspecified atom stereocenters. The topological polar surface area (TPSA) is 92.4 Å². The fourth-order valence-electron chi connectivity index (χ4n) is 1.50. The van der Waals surface area contributed by atoms with Gasteiger partial charge in [0.2, 0.25) is 0 Å². The van der Waals surface area contributed by atoms with Gasteiger partial charge in [0.05, 0.1) is 12.0 Å². The molecule has 0 spiro atoms. The molecule has 1 aliphatic carbocycles. The predicted octanol–water partition coefficient (Wildman–Crippen LogP) is 0.0521. The third kappa shape index (κ3) is 1.87. The average molecular weight is 172 g/mol. The Kier molecular flexibility index (Phi) is 2.21. The summed E-state index contributed by atoms with van der Waals surface area (Å²) in [4.78, 5) is 20.9. The van der Waals surface area contributed by atoms with Crippen molar-refractivity contribution in [3.05, 3.63) is 0 Å². The monoisotopic (exact) mass is 172 g/mol. The van der Waals surface area contributed by atoms with Crippen LogP contribution >= 0.6 is 0 Å². The molecule has 0 bridgehead atoms. The van der Waals surface area contributed by atoms with Crippen molar-refractivity contribution in [1.29, 1.82) is 0 Å². The summed E-state index contributed by atoms with van der Waals surface area (Å²) in [6.45, 7) is 0. The maximum Gasteiger partial charge on any atom is 0.312 e. The zero-order valence-electron chi connectivity index (χ0n) is 6.67. The smallest absolute Gasteiger partial charge is 0.312 e. The number of carbonyl (C=O) groups excluding carboxylic acids is 1. The molecule has 2 amide bonds. The quantitative estimate of drug-likeness (QED) is 0.561. The Hall–Kier alpha value is -1.26. The highest BCUT2D eigenvalue weighted by Gasteiger charge is 2.39. The van der Waals surface area contributed by atoms with Gasteiger partial charge in [-0.2, -0.15) is 0 Å². The Labute approximate surface area is 69.9 Å². The summed E-state index contributed by atoms with van der Waals surface area (Å²) in [6, 6.07) is -0.643. The number of hydrogen-bond donors (Lipinski definition) is 3. The Morgan fingerprint density at radius 2 is 2.08 bits per heavy atom. The number of carbonyl (C=O) groups is 2. The number of carboxylic acids is 1. The molecule has 5 nitrogen and oxygen atoms in total. The SMILES string of the molecule is NC(=O)NC1(CC(=O)O)CCC1. The lowest BCUT2D eigenvalue weighted by Crippen LogP contribution is -2.56. The van der Waals surface area contributed by atoms with Crippen LogP contribution in [-0.4, -0.2) is 22.6 Å². The van der Waals surface area contributed by atoms with Gasteiger partial charge in [0, 0.05) is 0 Å². The van der Waals surface area contributed by atoms with Crippen LogP contribution in [0.4, 0.5) is 4.79 Å². The minimum Gasteiger partial charge on any atom is -0.481 e. The van der Waals surface area contributed by atoms with Gasteiger partial charge in [0.15, 0.2) is 0 Å². The number of nitrogens with one attached hydrogen (secondary N) is 1. The van der Waals surface area contributed by atoms with E-state index in [1.165, 1.54) is 0 Å². The molecule has 0 aromatic carbocycles. The molecule has 1 rings (SSSR count).